The maximum absolute atomic E-state index is 8.95. The lowest BCUT2D eigenvalue weighted by atomic mass is 10.0. The van der Waals surface area contributed by atoms with Crippen molar-refractivity contribution in [1.82, 2.24) is 10.2 Å². The molecule has 1 N–H and O–H groups in total. The largest absolute Gasteiger partial charge is 0.315 e. The molecule has 1 saturated heterocycles. The Hall–Kier alpha value is -0.590. The smallest absolute Gasteiger partial charge is 0.0952 e. The Kier molecular flexibility index (Phi) is 4.92. The number of piperidine rings is 1. The summed E-state index contributed by atoms with van der Waals surface area (Å²) in [5, 5.41) is 12.4. The Morgan fingerprint density at radius 2 is 2.43 bits per heavy atom. The van der Waals surface area contributed by atoms with E-state index in [9.17, 15) is 0 Å². The van der Waals surface area contributed by atoms with Gasteiger partial charge < -0.3 is 5.32 Å². The van der Waals surface area contributed by atoms with Gasteiger partial charge >= 0.3 is 0 Å². The Morgan fingerprint density at radius 3 is 2.93 bits per heavy atom. The molecule has 80 valence electrons. The van der Waals surface area contributed by atoms with Gasteiger partial charge in [0, 0.05) is 12.6 Å². The lowest BCUT2D eigenvalue weighted by Gasteiger charge is -2.36. The topological polar surface area (TPSA) is 39.1 Å². The van der Waals surface area contributed by atoms with Crippen molar-refractivity contribution < 1.29 is 0 Å². The SMILES string of the molecule is CCCN(C(C)C#N)C1CCCNC1. The third-order valence-electron chi connectivity index (χ3n) is 2.91. The summed E-state index contributed by atoms with van der Waals surface area (Å²) < 4.78 is 0. The molecule has 0 spiro atoms. The van der Waals surface area contributed by atoms with Crippen LogP contribution in [-0.4, -0.2) is 36.6 Å². The summed E-state index contributed by atoms with van der Waals surface area (Å²) in [5.74, 6) is 0. The molecule has 0 radical (unpaired) electrons. The van der Waals surface area contributed by atoms with E-state index in [1.165, 1.54) is 12.8 Å². The molecule has 0 aliphatic carbocycles. The Balaban J connectivity index is 2.51. The van der Waals surface area contributed by atoms with Gasteiger partial charge in [-0.2, -0.15) is 5.26 Å². The molecule has 0 bridgehead atoms. The molecule has 1 aliphatic rings. The van der Waals surface area contributed by atoms with Crippen molar-refractivity contribution in [3.8, 4) is 6.07 Å². The Bertz CT molecular complexity index is 191. The number of nitriles is 1. The number of hydrogen-bond acceptors (Lipinski definition) is 3. The highest BCUT2D eigenvalue weighted by atomic mass is 15.2. The van der Waals surface area contributed by atoms with E-state index < -0.39 is 0 Å². The predicted molar refractivity (Wildman–Crippen MR) is 58.0 cm³/mol. The Morgan fingerprint density at radius 1 is 1.64 bits per heavy atom. The van der Waals surface area contributed by atoms with E-state index in [-0.39, 0.29) is 6.04 Å². The van der Waals surface area contributed by atoms with Crippen molar-refractivity contribution in [2.24, 2.45) is 0 Å². The number of nitrogens with zero attached hydrogens (tertiary/aromatic N) is 2. The highest BCUT2D eigenvalue weighted by Crippen LogP contribution is 2.13. The van der Waals surface area contributed by atoms with Gasteiger partial charge in [0.05, 0.1) is 12.1 Å². The molecule has 1 rings (SSSR count). The van der Waals surface area contributed by atoms with Crippen LogP contribution in [0.3, 0.4) is 0 Å². The lowest BCUT2D eigenvalue weighted by molar-refractivity contribution is 0.145. The third-order valence-corrected chi connectivity index (χ3v) is 2.91. The summed E-state index contributed by atoms with van der Waals surface area (Å²) in [6.07, 6.45) is 3.60. The second-order valence-corrected chi connectivity index (χ2v) is 4.04. The molecule has 1 heterocycles. The lowest BCUT2D eigenvalue weighted by Crippen LogP contribution is -2.49. The first-order valence-electron chi connectivity index (χ1n) is 5.65. The van der Waals surface area contributed by atoms with Crippen LogP contribution in [0.1, 0.15) is 33.1 Å². The van der Waals surface area contributed by atoms with Gasteiger partial charge in [0.25, 0.3) is 0 Å². The molecule has 0 amide bonds. The first kappa shape index (κ1) is 11.5. The predicted octanol–water partition coefficient (Wildman–Crippen LogP) is 1.36. The molecular formula is C11H21N3. The first-order chi connectivity index (χ1) is 6.79. The van der Waals surface area contributed by atoms with Gasteiger partial charge in [-0.1, -0.05) is 6.92 Å². The molecule has 0 aromatic rings. The summed E-state index contributed by atoms with van der Waals surface area (Å²) in [5.41, 5.74) is 0. The van der Waals surface area contributed by atoms with Crippen LogP contribution in [0.5, 0.6) is 0 Å². The molecule has 0 aromatic heterocycles. The van der Waals surface area contributed by atoms with Crippen LogP contribution >= 0.6 is 0 Å². The van der Waals surface area contributed by atoms with Crippen LogP contribution in [0.2, 0.25) is 0 Å². The summed E-state index contributed by atoms with van der Waals surface area (Å²) in [4.78, 5) is 2.34. The minimum absolute atomic E-state index is 0.0554. The van der Waals surface area contributed by atoms with Crippen molar-refractivity contribution in [1.29, 1.82) is 5.26 Å². The van der Waals surface area contributed by atoms with Gasteiger partial charge in [0.15, 0.2) is 0 Å². The second kappa shape index (κ2) is 6.00. The number of nitrogens with one attached hydrogen (secondary N) is 1. The number of rotatable bonds is 4. The molecule has 0 aromatic carbocycles. The zero-order chi connectivity index (χ0) is 10.4. The molecule has 1 aliphatic heterocycles. The zero-order valence-electron chi connectivity index (χ0n) is 9.29. The zero-order valence-corrected chi connectivity index (χ0v) is 9.29. The second-order valence-electron chi connectivity index (χ2n) is 4.04. The van der Waals surface area contributed by atoms with Crippen molar-refractivity contribution in [2.45, 2.75) is 45.2 Å². The monoisotopic (exact) mass is 195 g/mol. The maximum atomic E-state index is 8.95. The minimum Gasteiger partial charge on any atom is -0.315 e. The average molecular weight is 195 g/mol. The van der Waals surface area contributed by atoms with Crippen molar-refractivity contribution in [3.63, 3.8) is 0 Å². The highest BCUT2D eigenvalue weighted by molar-refractivity contribution is 4.92. The molecule has 2 unspecified atom stereocenters. The summed E-state index contributed by atoms with van der Waals surface area (Å²) in [6, 6.07) is 2.97. The maximum Gasteiger partial charge on any atom is 0.0952 e. The van der Waals surface area contributed by atoms with E-state index >= 15 is 0 Å². The fraction of sp³-hybridized carbons (Fsp3) is 0.909. The van der Waals surface area contributed by atoms with Gasteiger partial charge in [-0.3, -0.25) is 4.90 Å². The molecule has 0 saturated carbocycles. The summed E-state index contributed by atoms with van der Waals surface area (Å²) in [6.45, 7) is 7.40. The minimum atomic E-state index is 0.0554. The standard InChI is InChI=1S/C11H21N3/c1-3-7-14(10(2)8-12)11-5-4-6-13-9-11/h10-11,13H,3-7,9H2,1-2H3. The first-order valence-corrected chi connectivity index (χ1v) is 5.65. The molecular weight excluding hydrogens is 174 g/mol. The van der Waals surface area contributed by atoms with Crippen LogP contribution in [0.15, 0.2) is 0 Å². The number of hydrogen-bond donors (Lipinski definition) is 1. The van der Waals surface area contributed by atoms with E-state index in [2.05, 4.69) is 23.2 Å². The van der Waals surface area contributed by atoms with Gasteiger partial charge in [-0.15, -0.1) is 0 Å². The molecule has 3 heteroatoms. The van der Waals surface area contributed by atoms with Crippen LogP contribution in [0, 0.1) is 11.3 Å². The van der Waals surface area contributed by atoms with Gasteiger partial charge in [0.2, 0.25) is 0 Å². The summed E-state index contributed by atoms with van der Waals surface area (Å²) in [7, 11) is 0. The van der Waals surface area contributed by atoms with Gasteiger partial charge in [-0.25, -0.2) is 0 Å². The van der Waals surface area contributed by atoms with Gasteiger partial charge in [0.1, 0.15) is 0 Å². The van der Waals surface area contributed by atoms with Crippen molar-refractivity contribution >= 4 is 0 Å². The van der Waals surface area contributed by atoms with Crippen LogP contribution in [0.25, 0.3) is 0 Å². The fourth-order valence-electron chi connectivity index (χ4n) is 2.14. The molecule has 2 atom stereocenters. The Labute approximate surface area is 87.1 Å². The quantitative estimate of drug-likeness (QED) is 0.736. The normalized spacial score (nSPS) is 24.6. The van der Waals surface area contributed by atoms with Crippen LogP contribution < -0.4 is 5.32 Å². The van der Waals surface area contributed by atoms with E-state index in [1.807, 2.05) is 6.92 Å². The molecule has 1 fully saturated rings. The van der Waals surface area contributed by atoms with Crippen molar-refractivity contribution in [3.05, 3.63) is 0 Å². The van der Waals surface area contributed by atoms with Crippen molar-refractivity contribution in [2.75, 3.05) is 19.6 Å². The third kappa shape index (κ3) is 2.97. The fourth-order valence-corrected chi connectivity index (χ4v) is 2.14. The summed E-state index contributed by atoms with van der Waals surface area (Å²) >= 11 is 0. The van der Waals surface area contributed by atoms with Crippen LogP contribution in [-0.2, 0) is 0 Å². The van der Waals surface area contributed by atoms with E-state index in [0.29, 0.717) is 6.04 Å². The van der Waals surface area contributed by atoms with Gasteiger partial charge in [-0.05, 0) is 39.3 Å². The average Bonchev–Trinajstić information content (AvgIpc) is 2.26. The van der Waals surface area contributed by atoms with E-state index in [0.717, 1.165) is 26.1 Å². The highest BCUT2D eigenvalue weighted by Gasteiger charge is 2.23. The van der Waals surface area contributed by atoms with Crippen LogP contribution in [0.4, 0.5) is 0 Å². The van der Waals surface area contributed by atoms with E-state index in [1.54, 1.807) is 0 Å². The molecule has 14 heavy (non-hydrogen) atoms. The molecule has 3 nitrogen and oxygen atoms in total. The van der Waals surface area contributed by atoms with E-state index in [4.69, 9.17) is 5.26 Å².